The van der Waals surface area contributed by atoms with Gasteiger partial charge in [-0.2, -0.15) is 4.31 Å². The normalized spacial score (nSPS) is 20.1. The first-order valence-corrected chi connectivity index (χ1v) is 14.3. The van der Waals surface area contributed by atoms with E-state index in [1.165, 1.54) is 22.7 Å². The van der Waals surface area contributed by atoms with Gasteiger partial charge in [0.15, 0.2) is 0 Å². The van der Waals surface area contributed by atoms with Gasteiger partial charge < -0.3 is 9.47 Å². The van der Waals surface area contributed by atoms with Crippen molar-refractivity contribution in [3.63, 3.8) is 0 Å². The molecule has 1 aliphatic carbocycles. The number of aryl methyl sites for hydroxylation is 1. The summed E-state index contributed by atoms with van der Waals surface area (Å²) in [4.78, 5) is 20.1. The van der Waals surface area contributed by atoms with Crippen LogP contribution in [0.3, 0.4) is 0 Å². The Morgan fingerprint density at radius 2 is 1.71 bits per heavy atom. The fourth-order valence-corrected chi connectivity index (χ4v) is 7.75. The van der Waals surface area contributed by atoms with E-state index in [0.717, 1.165) is 41.8 Å². The third kappa shape index (κ3) is 3.87. The maximum Gasteiger partial charge on any atom is 0.243 e. The smallest absolute Gasteiger partial charge is 0.243 e. The number of sulfonamides is 1. The minimum atomic E-state index is -3.63. The third-order valence-electron chi connectivity index (χ3n) is 8.12. The Hall–Kier alpha value is -2.71. The van der Waals surface area contributed by atoms with Crippen LogP contribution in [0.4, 0.5) is 5.69 Å². The number of para-hydroxylation sites is 1. The van der Waals surface area contributed by atoms with Crippen LogP contribution < -0.4 is 4.90 Å². The lowest BCUT2D eigenvalue weighted by Crippen LogP contribution is -2.44. The van der Waals surface area contributed by atoms with Gasteiger partial charge in [-0.15, -0.1) is 0 Å². The van der Waals surface area contributed by atoms with Crippen LogP contribution in [0.15, 0.2) is 47.4 Å². The van der Waals surface area contributed by atoms with Gasteiger partial charge in [-0.25, -0.2) is 13.4 Å². The summed E-state index contributed by atoms with van der Waals surface area (Å²) in [5.74, 6) is 0.936. The number of benzene rings is 2. The molecule has 2 aromatic carbocycles. The van der Waals surface area contributed by atoms with E-state index in [1.807, 2.05) is 36.1 Å². The average Bonchev–Trinajstić information content (AvgIpc) is 3.61. The van der Waals surface area contributed by atoms with E-state index in [-0.39, 0.29) is 11.8 Å². The molecule has 2 aliphatic heterocycles. The maximum atomic E-state index is 13.5. The topological polar surface area (TPSA) is 75.5 Å². The molecule has 0 unspecified atom stereocenters. The molecule has 0 atom stereocenters. The van der Waals surface area contributed by atoms with Crippen molar-refractivity contribution in [2.75, 3.05) is 24.5 Å². The highest BCUT2D eigenvalue weighted by atomic mass is 32.2. The number of anilines is 1. The number of amides is 1. The predicted octanol–water partition coefficient (Wildman–Crippen LogP) is 4.45. The molecule has 3 heterocycles. The lowest BCUT2D eigenvalue weighted by Gasteiger charge is -2.32. The van der Waals surface area contributed by atoms with E-state index in [4.69, 9.17) is 4.98 Å². The molecule has 1 saturated carbocycles. The van der Waals surface area contributed by atoms with E-state index >= 15 is 0 Å². The van der Waals surface area contributed by atoms with Crippen molar-refractivity contribution < 1.29 is 13.2 Å². The molecule has 3 aliphatic rings. The molecule has 8 heteroatoms. The van der Waals surface area contributed by atoms with Gasteiger partial charge in [0.2, 0.25) is 15.9 Å². The first-order valence-electron chi connectivity index (χ1n) is 12.8. The van der Waals surface area contributed by atoms with Crippen LogP contribution in [0.1, 0.15) is 56.0 Å². The fourth-order valence-electron chi connectivity index (χ4n) is 6.26. The molecule has 0 bridgehead atoms. The molecule has 35 heavy (non-hydrogen) atoms. The van der Waals surface area contributed by atoms with Crippen molar-refractivity contribution in [2.24, 2.45) is 5.92 Å². The largest absolute Gasteiger partial charge is 0.325 e. The summed E-state index contributed by atoms with van der Waals surface area (Å²) in [5, 5.41) is 0. The van der Waals surface area contributed by atoms with Gasteiger partial charge in [0.25, 0.3) is 0 Å². The van der Waals surface area contributed by atoms with Crippen LogP contribution >= 0.6 is 0 Å². The first-order chi connectivity index (χ1) is 16.9. The van der Waals surface area contributed by atoms with Crippen molar-refractivity contribution in [3.05, 3.63) is 53.9 Å². The summed E-state index contributed by atoms with van der Waals surface area (Å²) in [6, 6.07) is 13.9. The zero-order chi connectivity index (χ0) is 24.2. The summed E-state index contributed by atoms with van der Waals surface area (Å²) in [7, 11) is -3.63. The average molecular weight is 493 g/mol. The highest BCUT2D eigenvalue weighted by Crippen LogP contribution is 2.35. The number of carbonyl (C=O) groups excluding carboxylic acids is 1. The van der Waals surface area contributed by atoms with Crippen molar-refractivity contribution in [2.45, 2.75) is 62.8 Å². The summed E-state index contributed by atoms with van der Waals surface area (Å²) < 4.78 is 30.8. The summed E-state index contributed by atoms with van der Waals surface area (Å²) in [5.41, 5.74) is 3.98. The van der Waals surface area contributed by atoms with E-state index < -0.39 is 10.0 Å². The van der Waals surface area contributed by atoms with Gasteiger partial charge >= 0.3 is 0 Å². The summed E-state index contributed by atoms with van der Waals surface area (Å²) in [6.45, 7) is 3.44. The highest BCUT2D eigenvalue weighted by Gasteiger charge is 2.36. The molecular weight excluding hydrogens is 460 g/mol. The molecule has 0 N–H and O–H groups in total. The number of imidazole rings is 1. The lowest BCUT2D eigenvalue weighted by molar-refractivity contribution is -0.123. The monoisotopic (exact) mass is 492 g/mol. The van der Waals surface area contributed by atoms with Gasteiger partial charge in [-0.05, 0) is 68.9 Å². The number of piperidine rings is 1. The van der Waals surface area contributed by atoms with E-state index in [2.05, 4.69) is 10.6 Å². The molecule has 1 saturated heterocycles. The van der Waals surface area contributed by atoms with Gasteiger partial charge in [0.1, 0.15) is 5.82 Å². The predicted molar refractivity (Wildman–Crippen MR) is 136 cm³/mol. The third-order valence-corrected chi connectivity index (χ3v) is 10.0. The van der Waals surface area contributed by atoms with Crippen LogP contribution in [0.25, 0.3) is 11.0 Å². The molecule has 0 radical (unpaired) electrons. The van der Waals surface area contributed by atoms with E-state index in [0.29, 0.717) is 43.4 Å². The Labute approximate surface area is 206 Å². The zero-order valence-corrected chi connectivity index (χ0v) is 21.0. The number of hydrogen-bond donors (Lipinski definition) is 0. The van der Waals surface area contributed by atoms with Crippen molar-refractivity contribution in [1.82, 2.24) is 13.9 Å². The van der Waals surface area contributed by atoms with Crippen LogP contribution in [-0.2, 0) is 21.2 Å². The van der Waals surface area contributed by atoms with Gasteiger partial charge in [0, 0.05) is 37.3 Å². The number of carbonyl (C=O) groups is 1. The molecule has 1 aromatic heterocycles. The fraction of sp³-hybridized carbons (Fsp3) is 0.481. The molecule has 6 rings (SSSR count). The van der Waals surface area contributed by atoms with Crippen molar-refractivity contribution in [1.29, 1.82) is 0 Å². The SMILES string of the molecule is Cc1nc2cc(S(=O)(=O)N3CCC(C(=O)N4CCc5ccccc54)CC3)ccc2n1C1CCCC1. The minimum Gasteiger partial charge on any atom is -0.325 e. The second-order valence-electron chi connectivity index (χ2n) is 10.2. The van der Waals surface area contributed by atoms with Crippen molar-refractivity contribution >= 4 is 32.7 Å². The Bertz CT molecular complexity index is 1380. The van der Waals surface area contributed by atoms with Crippen LogP contribution in [0.5, 0.6) is 0 Å². The van der Waals surface area contributed by atoms with Crippen LogP contribution in [-0.4, -0.2) is 47.8 Å². The number of aromatic nitrogens is 2. The molecule has 0 spiro atoms. The molecule has 184 valence electrons. The molecular formula is C27H32N4O3S. The number of fused-ring (bicyclic) bond motifs is 2. The molecule has 2 fully saturated rings. The number of hydrogen-bond acceptors (Lipinski definition) is 4. The molecule has 7 nitrogen and oxygen atoms in total. The second-order valence-corrected chi connectivity index (χ2v) is 12.1. The Balaban J connectivity index is 1.17. The summed E-state index contributed by atoms with van der Waals surface area (Å²) >= 11 is 0. The van der Waals surface area contributed by atoms with Crippen molar-refractivity contribution in [3.8, 4) is 0 Å². The number of nitrogens with zero attached hydrogens (tertiary/aromatic N) is 4. The second kappa shape index (κ2) is 8.75. The van der Waals surface area contributed by atoms with Gasteiger partial charge in [0.05, 0.1) is 15.9 Å². The standard InChI is InChI=1S/C27H32N4O3S/c1-19-28-24-18-23(10-11-26(24)31(19)22-7-3-4-8-22)35(33,34)29-15-12-21(13-16-29)27(32)30-17-14-20-6-2-5-9-25(20)30/h2,5-6,9-11,18,21-22H,3-4,7-8,12-17H2,1H3. The Kier molecular flexibility index (Phi) is 5.68. The van der Waals surface area contributed by atoms with Gasteiger partial charge in [-0.3, -0.25) is 4.79 Å². The summed E-state index contributed by atoms with van der Waals surface area (Å²) in [6.07, 6.45) is 6.76. The maximum absolute atomic E-state index is 13.5. The molecule has 3 aromatic rings. The van der Waals surface area contributed by atoms with E-state index in [1.54, 1.807) is 12.1 Å². The lowest BCUT2D eigenvalue weighted by atomic mass is 9.96. The molecule has 1 amide bonds. The minimum absolute atomic E-state index is 0.126. The van der Waals surface area contributed by atoms with Crippen LogP contribution in [0, 0.1) is 12.8 Å². The Morgan fingerprint density at radius 3 is 2.49 bits per heavy atom. The van der Waals surface area contributed by atoms with Crippen LogP contribution in [0.2, 0.25) is 0 Å². The first kappa shape index (κ1) is 22.7. The number of rotatable bonds is 4. The zero-order valence-electron chi connectivity index (χ0n) is 20.2. The van der Waals surface area contributed by atoms with Gasteiger partial charge in [-0.1, -0.05) is 31.0 Å². The Morgan fingerprint density at radius 1 is 0.971 bits per heavy atom. The highest BCUT2D eigenvalue weighted by molar-refractivity contribution is 7.89. The quantitative estimate of drug-likeness (QED) is 0.539. The van der Waals surface area contributed by atoms with E-state index in [9.17, 15) is 13.2 Å².